The molecule has 26 heavy (non-hydrogen) atoms. The number of para-hydroxylation sites is 1. The number of carbonyl (C=O) groups excluding carboxylic acids is 1. The van der Waals surface area contributed by atoms with E-state index in [1.54, 1.807) is 11.3 Å². The van der Waals surface area contributed by atoms with Gasteiger partial charge >= 0.3 is 0 Å². The molecule has 3 rings (SSSR count). The first-order valence-corrected chi connectivity index (χ1v) is 10.7. The average Bonchev–Trinajstić information content (AvgIpc) is 3.02. The summed E-state index contributed by atoms with van der Waals surface area (Å²) in [6.07, 6.45) is 1.03. The number of nitrogens with zero attached hydrogens (tertiary/aromatic N) is 1. The Morgan fingerprint density at radius 2 is 2.04 bits per heavy atom. The quantitative estimate of drug-likeness (QED) is 0.471. The minimum Gasteiger partial charge on any atom is -0.325 e. The van der Waals surface area contributed by atoms with E-state index in [-0.39, 0.29) is 11.2 Å². The number of nitrogens with one attached hydrogen (secondary N) is 1. The highest BCUT2D eigenvalue weighted by atomic mass is 35.5. The van der Waals surface area contributed by atoms with Crippen molar-refractivity contribution in [2.75, 3.05) is 5.32 Å². The zero-order valence-corrected chi connectivity index (χ0v) is 17.3. The molecular formula is C20H21ClN2OS2. The fourth-order valence-electron chi connectivity index (χ4n) is 2.63. The van der Waals surface area contributed by atoms with E-state index in [0.717, 1.165) is 26.7 Å². The summed E-state index contributed by atoms with van der Waals surface area (Å²) >= 11 is 9.08. The molecule has 0 fully saturated rings. The number of thiazole rings is 1. The summed E-state index contributed by atoms with van der Waals surface area (Å²) in [7, 11) is 0. The van der Waals surface area contributed by atoms with Gasteiger partial charge in [0.15, 0.2) is 4.34 Å². The molecule has 0 saturated heterocycles. The molecule has 0 aliphatic carbocycles. The van der Waals surface area contributed by atoms with Crippen LogP contribution >= 0.6 is 34.7 Å². The molecule has 3 aromatic rings. The lowest BCUT2D eigenvalue weighted by molar-refractivity contribution is -0.115. The number of thioether (sulfide) groups is 1. The van der Waals surface area contributed by atoms with Crippen molar-refractivity contribution in [3.8, 4) is 0 Å². The third kappa shape index (κ3) is 4.40. The number of anilines is 1. The van der Waals surface area contributed by atoms with Crippen LogP contribution in [0.2, 0.25) is 5.02 Å². The summed E-state index contributed by atoms with van der Waals surface area (Å²) < 4.78 is 1.95. The van der Waals surface area contributed by atoms with Gasteiger partial charge in [0.2, 0.25) is 5.91 Å². The molecule has 0 saturated carbocycles. The Labute approximate surface area is 167 Å². The van der Waals surface area contributed by atoms with Crippen LogP contribution < -0.4 is 5.32 Å². The van der Waals surface area contributed by atoms with Gasteiger partial charge in [-0.3, -0.25) is 4.79 Å². The van der Waals surface area contributed by atoms with Gasteiger partial charge in [-0.25, -0.2) is 4.98 Å². The zero-order chi connectivity index (χ0) is 18.7. The fraction of sp³-hybridized carbons (Fsp3) is 0.300. The fourth-order valence-corrected chi connectivity index (χ4v) is 4.99. The number of amides is 1. The molecule has 0 unspecified atom stereocenters. The van der Waals surface area contributed by atoms with Crippen molar-refractivity contribution in [1.29, 1.82) is 0 Å². The van der Waals surface area contributed by atoms with Crippen LogP contribution in [0.5, 0.6) is 0 Å². The maximum Gasteiger partial charge on any atom is 0.237 e. The summed E-state index contributed by atoms with van der Waals surface area (Å²) in [6, 6.07) is 13.7. The van der Waals surface area contributed by atoms with E-state index < -0.39 is 0 Å². The molecule has 136 valence electrons. The van der Waals surface area contributed by atoms with Crippen LogP contribution in [0.3, 0.4) is 0 Å². The van der Waals surface area contributed by atoms with E-state index in [1.807, 2.05) is 43.3 Å². The summed E-state index contributed by atoms with van der Waals surface area (Å²) in [5.41, 5.74) is 2.95. The van der Waals surface area contributed by atoms with Gasteiger partial charge in [-0.15, -0.1) is 11.3 Å². The highest BCUT2D eigenvalue weighted by molar-refractivity contribution is 8.02. The van der Waals surface area contributed by atoms with E-state index >= 15 is 0 Å². The van der Waals surface area contributed by atoms with Crippen molar-refractivity contribution >= 4 is 56.5 Å². The largest absolute Gasteiger partial charge is 0.325 e. The lowest BCUT2D eigenvalue weighted by atomic mass is 9.97. The van der Waals surface area contributed by atoms with Crippen molar-refractivity contribution in [3.05, 3.63) is 53.1 Å². The van der Waals surface area contributed by atoms with Gasteiger partial charge in [0.05, 0.1) is 15.5 Å². The van der Waals surface area contributed by atoms with Crippen molar-refractivity contribution in [1.82, 2.24) is 4.98 Å². The Hall–Kier alpha value is -1.56. The lowest BCUT2D eigenvalue weighted by Crippen LogP contribution is -2.23. The van der Waals surface area contributed by atoms with Crippen LogP contribution in [0, 0.1) is 0 Å². The molecule has 0 radical (unpaired) electrons. The molecular weight excluding hydrogens is 384 g/mol. The van der Waals surface area contributed by atoms with Crippen LogP contribution in [0.1, 0.15) is 38.7 Å². The van der Waals surface area contributed by atoms with Gasteiger partial charge in [-0.2, -0.15) is 0 Å². The Morgan fingerprint density at radius 3 is 2.81 bits per heavy atom. The molecule has 3 nitrogen and oxygen atoms in total. The predicted molar refractivity (Wildman–Crippen MR) is 114 cm³/mol. The maximum absolute atomic E-state index is 12.7. The molecule has 1 heterocycles. The summed E-state index contributed by atoms with van der Waals surface area (Å²) in [6.45, 7) is 6.24. The minimum atomic E-state index is -0.240. The molecule has 0 spiro atoms. The number of hydrogen-bond donors (Lipinski definition) is 1. The lowest BCUT2D eigenvalue weighted by Gasteiger charge is -2.17. The minimum absolute atomic E-state index is 0.0111. The molecule has 2 aromatic carbocycles. The van der Waals surface area contributed by atoms with Gasteiger partial charge < -0.3 is 5.32 Å². The normalized spacial score (nSPS) is 13.5. The van der Waals surface area contributed by atoms with Crippen molar-refractivity contribution < 1.29 is 4.79 Å². The first kappa shape index (κ1) is 19.2. The van der Waals surface area contributed by atoms with Crippen LogP contribution in [0.4, 0.5) is 5.69 Å². The van der Waals surface area contributed by atoms with Crippen molar-refractivity contribution in [2.45, 2.75) is 42.7 Å². The second-order valence-electron chi connectivity index (χ2n) is 6.24. The monoisotopic (exact) mass is 404 g/mol. The molecule has 6 heteroatoms. The topological polar surface area (TPSA) is 42.0 Å². The molecule has 1 N–H and O–H groups in total. The Balaban J connectivity index is 1.71. The van der Waals surface area contributed by atoms with E-state index in [0.29, 0.717) is 10.9 Å². The van der Waals surface area contributed by atoms with E-state index in [9.17, 15) is 4.79 Å². The highest BCUT2D eigenvalue weighted by Crippen LogP contribution is 2.34. The third-order valence-electron chi connectivity index (χ3n) is 4.34. The van der Waals surface area contributed by atoms with Gasteiger partial charge in [0, 0.05) is 10.7 Å². The summed E-state index contributed by atoms with van der Waals surface area (Å²) in [4.78, 5) is 17.3. The van der Waals surface area contributed by atoms with Gasteiger partial charge in [0.25, 0.3) is 0 Å². The standard InChI is InChI=1S/C20H21ClN2OS2/c1-4-12(2)15-7-5-6-8-16(15)22-19(24)13(3)25-20-23-17-11-14(21)9-10-18(17)26-20/h5-13H,4H2,1-3H3,(H,22,24)/t12-,13-/m1/s1. The number of aromatic nitrogens is 1. The molecule has 2 atom stereocenters. The third-order valence-corrected chi connectivity index (χ3v) is 6.80. The van der Waals surface area contributed by atoms with Gasteiger partial charge in [-0.05, 0) is 49.1 Å². The van der Waals surface area contributed by atoms with Crippen LogP contribution in [-0.4, -0.2) is 16.1 Å². The number of rotatable bonds is 6. The first-order valence-electron chi connectivity index (χ1n) is 8.60. The molecule has 0 aliphatic rings. The van der Waals surface area contributed by atoms with Crippen molar-refractivity contribution in [3.63, 3.8) is 0 Å². The predicted octanol–water partition coefficient (Wildman–Crippen LogP) is 6.58. The molecule has 0 aliphatic heterocycles. The van der Waals surface area contributed by atoms with Gasteiger partial charge in [0.1, 0.15) is 0 Å². The number of carbonyl (C=O) groups is 1. The van der Waals surface area contributed by atoms with Crippen LogP contribution in [-0.2, 0) is 4.79 Å². The zero-order valence-electron chi connectivity index (χ0n) is 15.0. The molecule has 1 amide bonds. The number of hydrogen-bond acceptors (Lipinski definition) is 4. The highest BCUT2D eigenvalue weighted by Gasteiger charge is 2.19. The maximum atomic E-state index is 12.7. The Morgan fingerprint density at radius 1 is 1.27 bits per heavy atom. The summed E-state index contributed by atoms with van der Waals surface area (Å²) in [5, 5.41) is 3.52. The second-order valence-corrected chi connectivity index (χ2v) is 9.29. The van der Waals surface area contributed by atoms with E-state index in [2.05, 4.69) is 30.2 Å². The molecule has 0 bridgehead atoms. The van der Waals surface area contributed by atoms with Crippen LogP contribution in [0.15, 0.2) is 46.8 Å². The smallest absolute Gasteiger partial charge is 0.237 e. The van der Waals surface area contributed by atoms with Crippen molar-refractivity contribution in [2.24, 2.45) is 0 Å². The Bertz CT molecular complexity index is 925. The average molecular weight is 405 g/mol. The Kier molecular flexibility index (Phi) is 6.22. The summed E-state index contributed by atoms with van der Waals surface area (Å²) in [5.74, 6) is 0.395. The van der Waals surface area contributed by atoms with Crippen LogP contribution in [0.25, 0.3) is 10.2 Å². The van der Waals surface area contributed by atoms with Gasteiger partial charge in [-0.1, -0.05) is 55.4 Å². The van der Waals surface area contributed by atoms with E-state index in [4.69, 9.17) is 11.6 Å². The first-order chi connectivity index (χ1) is 12.5. The SMILES string of the molecule is CC[C@@H](C)c1ccccc1NC(=O)[C@@H](C)Sc1nc2cc(Cl)ccc2s1. The number of halogens is 1. The number of fused-ring (bicyclic) bond motifs is 1. The molecule has 1 aromatic heterocycles. The van der Waals surface area contributed by atoms with E-state index in [1.165, 1.54) is 17.3 Å². The second kappa shape index (κ2) is 8.42. The number of benzene rings is 2.